The van der Waals surface area contributed by atoms with Gasteiger partial charge in [0.15, 0.2) is 5.17 Å². The molecule has 4 nitrogen and oxygen atoms in total. The molecule has 1 amide bonds. The predicted octanol–water partition coefficient (Wildman–Crippen LogP) is 5.60. The van der Waals surface area contributed by atoms with Crippen LogP contribution in [0.25, 0.3) is 17.2 Å². The number of carbonyl (C=O) groups is 1. The van der Waals surface area contributed by atoms with Crippen molar-refractivity contribution in [3.05, 3.63) is 89.3 Å². The molecule has 0 atom stereocenters. The molecule has 0 unspecified atom stereocenters. The molecule has 1 fully saturated rings. The maximum Gasteiger partial charge on any atom is 0.266 e. The highest BCUT2D eigenvalue weighted by atomic mass is 32.2. The van der Waals surface area contributed by atoms with Crippen molar-refractivity contribution in [2.75, 3.05) is 14.2 Å². The van der Waals surface area contributed by atoms with E-state index in [1.54, 1.807) is 19.1 Å². The fourth-order valence-corrected chi connectivity index (χ4v) is 3.96. The lowest BCUT2D eigenvalue weighted by atomic mass is 10.0. The molecule has 5 heteroatoms. The molecule has 0 spiro atoms. The molecule has 0 saturated carbocycles. The summed E-state index contributed by atoms with van der Waals surface area (Å²) in [7, 11) is 3.38. The van der Waals surface area contributed by atoms with Crippen LogP contribution >= 0.6 is 11.8 Å². The summed E-state index contributed by atoms with van der Waals surface area (Å²) in [5.74, 6) is 0.728. The van der Waals surface area contributed by atoms with E-state index in [1.165, 1.54) is 17.3 Å². The van der Waals surface area contributed by atoms with E-state index in [1.807, 2.05) is 60.7 Å². The van der Waals surface area contributed by atoms with Gasteiger partial charge in [0.2, 0.25) is 0 Å². The monoisotopic (exact) mass is 400 g/mol. The molecular weight excluding hydrogens is 380 g/mol. The second kappa shape index (κ2) is 8.37. The number of thioether (sulfide) groups is 1. The molecule has 4 rings (SSSR count). The lowest BCUT2D eigenvalue weighted by Gasteiger charge is -2.07. The Hall–Kier alpha value is -3.31. The smallest absolute Gasteiger partial charge is 0.266 e. The maximum atomic E-state index is 12.6. The summed E-state index contributed by atoms with van der Waals surface area (Å²) < 4.78 is 5.17. The van der Waals surface area contributed by atoms with Gasteiger partial charge in [0, 0.05) is 7.05 Å². The Morgan fingerprint density at radius 1 is 0.897 bits per heavy atom. The van der Waals surface area contributed by atoms with E-state index in [0.717, 1.165) is 22.6 Å². The molecular formula is C24H20N2O2S. The van der Waals surface area contributed by atoms with Crippen LogP contribution in [-0.4, -0.2) is 30.1 Å². The molecule has 1 aliphatic heterocycles. The van der Waals surface area contributed by atoms with Gasteiger partial charge < -0.3 is 4.74 Å². The Labute approximate surface area is 174 Å². The van der Waals surface area contributed by atoms with E-state index >= 15 is 0 Å². The zero-order valence-electron chi connectivity index (χ0n) is 16.2. The molecule has 1 aliphatic rings. The SMILES string of the molecule is COc1ccc(N=C2SC(=Cc3ccc(-c4ccccc4)cc3)C(=O)N2C)cc1. The second-order valence-corrected chi connectivity index (χ2v) is 7.56. The van der Waals surface area contributed by atoms with Crippen LogP contribution in [0.1, 0.15) is 5.56 Å². The van der Waals surface area contributed by atoms with Crippen molar-refractivity contribution in [3.63, 3.8) is 0 Å². The van der Waals surface area contributed by atoms with Crippen molar-refractivity contribution < 1.29 is 9.53 Å². The lowest BCUT2D eigenvalue weighted by Crippen LogP contribution is -2.23. The van der Waals surface area contributed by atoms with Crippen molar-refractivity contribution in [2.24, 2.45) is 4.99 Å². The van der Waals surface area contributed by atoms with E-state index < -0.39 is 0 Å². The molecule has 0 N–H and O–H groups in total. The van der Waals surface area contributed by atoms with E-state index in [4.69, 9.17) is 4.74 Å². The van der Waals surface area contributed by atoms with E-state index in [-0.39, 0.29) is 5.91 Å². The molecule has 144 valence electrons. The maximum absolute atomic E-state index is 12.6. The number of hydrogen-bond donors (Lipinski definition) is 0. The van der Waals surface area contributed by atoms with Crippen LogP contribution in [0.2, 0.25) is 0 Å². The molecule has 0 aromatic heterocycles. The first kappa shape index (κ1) is 19.0. The number of likely N-dealkylation sites (N-methyl/N-ethyl adjacent to an activating group) is 1. The van der Waals surface area contributed by atoms with Crippen LogP contribution in [0.4, 0.5) is 5.69 Å². The average Bonchev–Trinajstić information content (AvgIpc) is 3.03. The molecule has 3 aromatic carbocycles. The summed E-state index contributed by atoms with van der Waals surface area (Å²) in [6.07, 6.45) is 1.91. The van der Waals surface area contributed by atoms with Crippen molar-refractivity contribution >= 4 is 34.6 Å². The third-order valence-corrected chi connectivity index (χ3v) is 5.68. The van der Waals surface area contributed by atoms with Crippen LogP contribution in [0.5, 0.6) is 5.75 Å². The minimum atomic E-state index is -0.0469. The minimum absolute atomic E-state index is 0.0469. The molecule has 0 radical (unpaired) electrons. The number of ether oxygens (including phenoxy) is 1. The Balaban J connectivity index is 1.54. The van der Waals surface area contributed by atoms with Crippen molar-refractivity contribution in [3.8, 4) is 16.9 Å². The van der Waals surface area contributed by atoms with Crippen molar-refractivity contribution in [2.45, 2.75) is 0 Å². The Morgan fingerprint density at radius 3 is 2.21 bits per heavy atom. The van der Waals surface area contributed by atoms with Crippen LogP contribution in [0.3, 0.4) is 0 Å². The fourth-order valence-electron chi connectivity index (χ4n) is 2.97. The van der Waals surface area contributed by atoms with Crippen molar-refractivity contribution in [1.29, 1.82) is 0 Å². The van der Waals surface area contributed by atoms with Gasteiger partial charge in [-0.15, -0.1) is 0 Å². The van der Waals surface area contributed by atoms with Crippen LogP contribution in [0.15, 0.2) is 88.8 Å². The number of amidine groups is 1. The summed E-state index contributed by atoms with van der Waals surface area (Å²) in [5.41, 5.74) is 4.09. The highest BCUT2D eigenvalue weighted by Gasteiger charge is 2.30. The number of benzene rings is 3. The molecule has 0 bridgehead atoms. The quantitative estimate of drug-likeness (QED) is 0.536. The highest BCUT2D eigenvalue weighted by Crippen LogP contribution is 2.33. The van der Waals surface area contributed by atoms with Gasteiger partial charge in [0.1, 0.15) is 5.75 Å². The third-order valence-electron chi connectivity index (χ3n) is 4.62. The number of aliphatic imine (C=N–C) groups is 1. The fraction of sp³-hybridized carbons (Fsp3) is 0.0833. The molecule has 1 heterocycles. The Bertz CT molecular complexity index is 1070. The molecule has 0 aliphatic carbocycles. The van der Waals surface area contributed by atoms with Crippen LogP contribution in [-0.2, 0) is 4.79 Å². The van der Waals surface area contributed by atoms with Gasteiger partial charge >= 0.3 is 0 Å². The predicted molar refractivity (Wildman–Crippen MR) is 120 cm³/mol. The van der Waals surface area contributed by atoms with E-state index in [9.17, 15) is 4.79 Å². The largest absolute Gasteiger partial charge is 0.497 e. The van der Waals surface area contributed by atoms with E-state index in [2.05, 4.69) is 29.3 Å². The molecule has 1 saturated heterocycles. The Kier molecular flexibility index (Phi) is 5.49. The van der Waals surface area contributed by atoms with Crippen molar-refractivity contribution in [1.82, 2.24) is 4.90 Å². The first-order chi connectivity index (χ1) is 14.1. The van der Waals surface area contributed by atoms with Gasteiger partial charge in [-0.25, -0.2) is 4.99 Å². The van der Waals surface area contributed by atoms with Gasteiger partial charge in [0.05, 0.1) is 17.7 Å². The summed E-state index contributed by atoms with van der Waals surface area (Å²) in [6, 6.07) is 25.9. The van der Waals surface area contributed by atoms with Gasteiger partial charge in [-0.3, -0.25) is 9.69 Å². The Morgan fingerprint density at radius 2 is 1.55 bits per heavy atom. The normalized spacial score (nSPS) is 16.6. The van der Waals surface area contributed by atoms with E-state index in [0.29, 0.717) is 10.1 Å². The average molecular weight is 401 g/mol. The number of hydrogen-bond acceptors (Lipinski definition) is 4. The topological polar surface area (TPSA) is 41.9 Å². The molecule has 3 aromatic rings. The number of rotatable bonds is 4. The second-order valence-electron chi connectivity index (χ2n) is 6.56. The first-order valence-corrected chi connectivity index (χ1v) is 10.0. The van der Waals surface area contributed by atoms with Gasteiger partial charge in [-0.2, -0.15) is 0 Å². The number of nitrogens with zero attached hydrogens (tertiary/aromatic N) is 2. The minimum Gasteiger partial charge on any atom is -0.497 e. The van der Waals surface area contributed by atoms with Gasteiger partial charge in [-0.1, -0.05) is 54.6 Å². The number of carbonyl (C=O) groups excluding carboxylic acids is 1. The standard InChI is InChI=1S/C24H20N2O2S/c1-26-23(27)22(29-24(26)25-20-12-14-21(28-2)15-13-20)16-17-8-10-19(11-9-17)18-6-4-3-5-7-18/h3-16H,1-2H3. The van der Waals surface area contributed by atoms with Gasteiger partial charge in [0.25, 0.3) is 5.91 Å². The molecule has 29 heavy (non-hydrogen) atoms. The summed E-state index contributed by atoms with van der Waals surface area (Å²) >= 11 is 1.38. The summed E-state index contributed by atoms with van der Waals surface area (Å²) in [5, 5.41) is 0.660. The van der Waals surface area contributed by atoms with Crippen LogP contribution < -0.4 is 4.74 Å². The zero-order valence-corrected chi connectivity index (χ0v) is 17.0. The summed E-state index contributed by atoms with van der Waals surface area (Å²) in [4.78, 5) is 19.5. The highest BCUT2D eigenvalue weighted by molar-refractivity contribution is 8.18. The number of methoxy groups -OCH3 is 1. The summed E-state index contributed by atoms with van der Waals surface area (Å²) in [6.45, 7) is 0. The number of amides is 1. The first-order valence-electron chi connectivity index (χ1n) is 9.20. The lowest BCUT2D eigenvalue weighted by molar-refractivity contribution is -0.121. The zero-order chi connectivity index (χ0) is 20.2. The van der Waals surface area contributed by atoms with Gasteiger partial charge in [-0.05, 0) is 58.8 Å². The third kappa shape index (κ3) is 4.25. The van der Waals surface area contributed by atoms with Crippen LogP contribution in [0, 0.1) is 0 Å².